The molecule has 4 rings (SSSR count). The standard InChI is InChI=1S/C24H27N7/c1-2-27-24(30-16-14-18-9-6-7-13-22(18)30)28-15-8-12-21-20(17-25)23(26)31(29-21)19-10-4-3-5-11-19/h3-7,9-11,13H,2,8,12,14-16,26H2,1H3,(H,27,28). The SMILES string of the molecule is CCNC(=NCCCc1nn(-c2ccccc2)c(N)c1C#N)N1CCc2ccccc21. The van der Waals surface area contributed by atoms with Gasteiger partial charge in [-0.15, -0.1) is 0 Å². The average Bonchev–Trinajstić information content (AvgIpc) is 3.37. The molecule has 0 bridgehead atoms. The molecule has 0 atom stereocenters. The summed E-state index contributed by atoms with van der Waals surface area (Å²) < 4.78 is 1.64. The lowest BCUT2D eigenvalue weighted by atomic mass is 10.1. The number of guanidine groups is 1. The van der Waals surface area contributed by atoms with Gasteiger partial charge in [-0.1, -0.05) is 36.4 Å². The number of aromatic nitrogens is 2. The third-order valence-electron chi connectivity index (χ3n) is 5.42. The van der Waals surface area contributed by atoms with E-state index in [1.807, 2.05) is 30.3 Å². The van der Waals surface area contributed by atoms with Crippen molar-refractivity contribution >= 4 is 17.5 Å². The molecule has 0 fully saturated rings. The molecule has 1 aliphatic rings. The average molecular weight is 414 g/mol. The highest BCUT2D eigenvalue weighted by Gasteiger charge is 2.22. The van der Waals surface area contributed by atoms with Crippen LogP contribution in [0.5, 0.6) is 0 Å². The number of para-hydroxylation sites is 2. The Morgan fingerprint density at radius 3 is 2.74 bits per heavy atom. The van der Waals surface area contributed by atoms with E-state index >= 15 is 0 Å². The summed E-state index contributed by atoms with van der Waals surface area (Å²) in [6.07, 6.45) is 2.46. The molecule has 0 saturated heterocycles. The van der Waals surface area contributed by atoms with Crippen molar-refractivity contribution in [1.82, 2.24) is 15.1 Å². The van der Waals surface area contributed by atoms with Crippen LogP contribution in [0.3, 0.4) is 0 Å². The van der Waals surface area contributed by atoms with Crippen LogP contribution in [0, 0.1) is 11.3 Å². The first kappa shape index (κ1) is 20.5. The number of nitrogens with two attached hydrogens (primary N) is 1. The van der Waals surface area contributed by atoms with Crippen molar-refractivity contribution in [3.63, 3.8) is 0 Å². The molecule has 0 radical (unpaired) electrons. The summed E-state index contributed by atoms with van der Waals surface area (Å²) in [7, 11) is 0. The number of nitrogens with one attached hydrogen (secondary N) is 1. The van der Waals surface area contributed by atoms with Crippen molar-refractivity contribution in [1.29, 1.82) is 5.26 Å². The smallest absolute Gasteiger partial charge is 0.198 e. The maximum atomic E-state index is 9.58. The molecule has 0 spiro atoms. The van der Waals surface area contributed by atoms with Gasteiger partial charge in [-0.05, 0) is 49.9 Å². The minimum atomic E-state index is 0.384. The van der Waals surface area contributed by atoms with Gasteiger partial charge in [-0.3, -0.25) is 4.99 Å². The number of anilines is 2. The zero-order valence-corrected chi connectivity index (χ0v) is 17.8. The van der Waals surface area contributed by atoms with E-state index in [9.17, 15) is 5.26 Å². The lowest BCUT2D eigenvalue weighted by Crippen LogP contribution is -2.40. The summed E-state index contributed by atoms with van der Waals surface area (Å²) >= 11 is 0. The van der Waals surface area contributed by atoms with Gasteiger partial charge in [0.05, 0.1) is 11.4 Å². The molecule has 7 nitrogen and oxygen atoms in total. The minimum absolute atomic E-state index is 0.384. The zero-order valence-electron chi connectivity index (χ0n) is 17.8. The Hall–Kier alpha value is -3.79. The van der Waals surface area contributed by atoms with Crippen molar-refractivity contribution in [3.05, 3.63) is 71.4 Å². The van der Waals surface area contributed by atoms with Gasteiger partial charge >= 0.3 is 0 Å². The molecule has 3 N–H and O–H groups in total. The van der Waals surface area contributed by atoms with Crippen molar-refractivity contribution in [2.75, 3.05) is 30.3 Å². The summed E-state index contributed by atoms with van der Waals surface area (Å²) in [5, 5.41) is 17.6. The first-order chi connectivity index (χ1) is 15.2. The Labute approximate surface area is 182 Å². The number of aryl methyl sites for hydroxylation is 1. The van der Waals surface area contributed by atoms with E-state index in [4.69, 9.17) is 10.7 Å². The third-order valence-corrected chi connectivity index (χ3v) is 5.42. The number of nitriles is 1. The van der Waals surface area contributed by atoms with Crippen molar-refractivity contribution < 1.29 is 0 Å². The second-order valence-corrected chi connectivity index (χ2v) is 7.44. The summed E-state index contributed by atoms with van der Waals surface area (Å²) in [6.45, 7) is 4.47. The molecule has 0 amide bonds. The Bertz CT molecular complexity index is 1110. The molecule has 158 valence electrons. The van der Waals surface area contributed by atoms with Gasteiger partial charge in [-0.25, -0.2) is 4.68 Å². The second-order valence-electron chi connectivity index (χ2n) is 7.44. The van der Waals surface area contributed by atoms with E-state index in [-0.39, 0.29) is 0 Å². The topological polar surface area (TPSA) is 95.3 Å². The fourth-order valence-corrected chi connectivity index (χ4v) is 3.93. The third kappa shape index (κ3) is 4.24. The Kier molecular flexibility index (Phi) is 6.18. The summed E-state index contributed by atoms with van der Waals surface area (Å²) in [5.74, 6) is 1.29. The first-order valence-corrected chi connectivity index (χ1v) is 10.7. The van der Waals surface area contributed by atoms with E-state index < -0.39 is 0 Å². The van der Waals surface area contributed by atoms with Crippen molar-refractivity contribution in [3.8, 4) is 11.8 Å². The lowest BCUT2D eigenvalue weighted by Gasteiger charge is -2.22. The highest BCUT2D eigenvalue weighted by Crippen LogP contribution is 2.27. The van der Waals surface area contributed by atoms with Crippen LogP contribution in [0.2, 0.25) is 0 Å². The molecular weight excluding hydrogens is 386 g/mol. The summed E-state index contributed by atoms with van der Waals surface area (Å²) in [5.41, 5.74) is 10.8. The lowest BCUT2D eigenvalue weighted by molar-refractivity contribution is 0.769. The van der Waals surface area contributed by atoms with E-state index in [0.29, 0.717) is 24.3 Å². The van der Waals surface area contributed by atoms with Gasteiger partial charge in [0.2, 0.25) is 0 Å². The van der Waals surface area contributed by atoms with Gasteiger partial charge in [0.15, 0.2) is 5.96 Å². The van der Waals surface area contributed by atoms with Crippen LogP contribution in [-0.2, 0) is 12.8 Å². The molecule has 31 heavy (non-hydrogen) atoms. The van der Waals surface area contributed by atoms with E-state index in [2.05, 4.69) is 52.6 Å². The van der Waals surface area contributed by atoms with Crippen LogP contribution in [0.4, 0.5) is 11.5 Å². The molecule has 7 heteroatoms. The Balaban J connectivity index is 1.46. The molecule has 0 saturated carbocycles. The maximum Gasteiger partial charge on any atom is 0.198 e. The molecular formula is C24H27N7. The molecule has 1 aliphatic heterocycles. The van der Waals surface area contributed by atoms with Crippen molar-refractivity contribution in [2.45, 2.75) is 26.2 Å². The van der Waals surface area contributed by atoms with Crippen LogP contribution in [0.1, 0.15) is 30.2 Å². The van der Waals surface area contributed by atoms with E-state index in [0.717, 1.165) is 43.3 Å². The van der Waals surface area contributed by atoms with Gasteiger partial charge in [-0.2, -0.15) is 10.4 Å². The zero-order chi connectivity index (χ0) is 21.6. The van der Waals surface area contributed by atoms with E-state index in [1.54, 1.807) is 4.68 Å². The minimum Gasteiger partial charge on any atom is -0.382 e. The van der Waals surface area contributed by atoms with E-state index in [1.165, 1.54) is 11.3 Å². The normalized spacial score (nSPS) is 13.2. The number of rotatable bonds is 6. The number of hydrogen-bond acceptors (Lipinski definition) is 4. The Morgan fingerprint density at radius 2 is 1.97 bits per heavy atom. The van der Waals surface area contributed by atoms with Crippen LogP contribution in [0.15, 0.2) is 59.6 Å². The number of nitrogen functional groups attached to an aromatic ring is 1. The molecule has 0 unspecified atom stereocenters. The van der Waals surface area contributed by atoms with Crippen LogP contribution in [0.25, 0.3) is 5.69 Å². The van der Waals surface area contributed by atoms with Crippen LogP contribution in [-0.4, -0.2) is 35.4 Å². The number of benzene rings is 2. The highest BCUT2D eigenvalue weighted by atomic mass is 15.3. The fraction of sp³-hybridized carbons (Fsp3) is 0.292. The largest absolute Gasteiger partial charge is 0.382 e. The molecule has 2 aromatic carbocycles. The number of aliphatic imine (C=N–C) groups is 1. The maximum absolute atomic E-state index is 9.58. The summed E-state index contributed by atoms with van der Waals surface area (Å²) in [6, 6.07) is 20.3. The fourth-order valence-electron chi connectivity index (χ4n) is 3.93. The molecule has 3 aromatic rings. The summed E-state index contributed by atoms with van der Waals surface area (Å²) in [4.78, 5) is 7.09. The van der Waals surface area contributed by atoms with Gasteiger partial charge in [0.1, 0.15) is 17.5 Å². The van der Waals surface area contributed by atoms with Crippen molar-refractivity contribution in [2.24, 2.45) is 4.99 Å². The van der Waals surface area contributed by atoms with Gasteiger partial charge in [0, 0.05) is 25.3 Å². The number of nitrogens with zero attached hydrogens (tertiary/aromatic N) is 5. The van der Waals surface area contributed by atoms with Crippen LogP contribution >= 0.6 is 0 Å². The quantitative estimate of drug-likeness (QED) is 0.367. The Morgan fingerprint density at radius 1 is 1.19 bits per heavy atom. The molecule has 1 aromatic heterocycles. The molecule has 0 aliphatic carbocycles. The van der Waals surface area contributed by atoms with Crippen LogP contribution < -0.4 is 16.0 Å². The van der Waals surface area contributed by atoms with Gasteiger partial charge in [0.25, 0.3) is 0 Å². The predicted octanol–water partition coefficient (Wildman–Crippen LogP) is 3.29. The monoisotopic (exact) mass is 413 g/mol. The number of hydrogen-bond donors (Lipinski definition) is 2. The number of fused-ring (bicyclic) bond motifs is 1. The second kappa shape index (κ2) is 9.35. The predicted molar refractivity (Wildman–Crippen MR) is 124 cm³/mol. The highest BCUT2D eigenvalue weighted by molar-refractivity contribution is 5.97. The molecule has 2 heterocycles. The first-order valence-electron chi connectivity index (χ1n) is 10.7. The van der Waals surface area contributed by atoms with Gasteiger partial charge < -0.3 is 16.0 Å².